The number of hydrogen-bond acceptors (Lipinski definition) is 2. The number of aromatic hydroxyl groups is 1. The normalized spacial score (nSPS) is 14.5. The van der Waals surface area contributed by atoms with E-state index in [4.69, 9.17) is 0 Å². The van der Waals surface area contributed by atoms with E-state index in [1.807, 2.05) is 6.08 Å². The number of aryl methyl sites for hydroxylation is 1. The van der Waals surface area contributed by atoms with Crippen molar-refractivity contribution in [3.8, 4) is 5.75 Å². The van der Waals surface area contributed by atoms with Gasteiger partial charge in [-0.15, -0.1) is 0 Å². The molecular weight excluding hydrogens is 188 g/mol. The molecule has 78 valence electrons. The first-order valence-electron chi connectivity index (χ1n) is 5.22. The Bertz CT molecular complexity index is 430. The van der Waals surface area contributed by atoms with Crippen LogP contribution in [0.3, 0.4) is 0 Å². The second-order valence-corrected chi connectivity index (χ2v) is 3.92. The quantitative estimate of drug-likeness (QED) is 0.711. The van der Waals surface area contributed by atoms with Gasteiger partial charge < -0.3 is 5.11 Å². The molecule has 1 aliphatic carbocycles. The van der Waals surface area contributed by atoms with Crippen LogP contribution in [0.5, 0.6) is 5.75 Å². The summed E-state index contributed by atoms with van der Waals surface area (Å²) in [6.45, 7) is 1.47. The highest BCUT2D eigenvalue weighted by Crippen LogP contribution is 2.27. The summed E-state index contributed by atoms with van der Waals surface area (Å²) in [6.07, 6.45) is 7.28. The zero-order valence-electron chi connectivity index (χ0n) is 8.79. The smallest absolute Gasteiger partial charge is 0.163 e. The van der Waals surface area contributed by atoms with Crippen molar-refractivity contribution in [3.63, 3.8) is 0 Å². The third-order valence-electron chi connectivity index (χ3n) is 2.75. The number of hydrogen-bond donors (Lipinski definition) is 1. The molecule has 0 saturated carbocycles. The number of carbonyl (C=O) groups is 1. The maximum atomic E-state index is 11.3. The van der Waals surface area contributed by atoms with Crippen molar-refractivity contribution in [1.29, 1.82) is 0 Å². The summed E-state index contributed by atoms with van der Waals surface area (Å²) in [5, 5.41) is 9.68. The monoisotopic (exact) mass is 202 g/mol. The summed E-state index contributed by atoms with van der Waals surface area (Å²) in [4.78, 5) is 11.3. The molecule has 0 spiro atoms. The van der Waals surface area contributed by atoms with Gasteiger partial charge in [-0.25, -0.2) is 0 Å². The van der Waals surface area contributed by atoms with Gasteiger partial charge >= 0.3 is 0 Å². The van der Waals surface area contributed by atoms with Crippen molar-refractivity contribution in [2.75, 3.05) is 0 Å². The van der Waals surface area contributed by atoms with Crippen molar-refractivity contribution in [2.24, 2.45) is 0 Å². The Balaban J connectivity index is 2.55. The van der Waals surface area contributed by atoms with Crippen molar-refractivity contribution in [1.82, 2.24) is 0 Å². The molecule has 1 N–H and O–H groups in total. The van der Waals surface area contributed by atoms with Crippen LogP contribution >= 0.6 is 0 Å². The molecule has 0 unspecified atom stereocenters. The van der Waals surface area contributed by atoms with Crippen LogP contribution in [0.2, 0.25) is 0 Å². The van der Waals surface area contributed by atoms with E-state index < -0.39 is 0 Å². The third-order valence-corrected chi connectivity index (χ3v) is 2.75. The van der Waals surface area contributed by atoms with E-state index in [-0.39, 0.29) is 11.5 Å². The zero-order valence-corrected chi connectivity index (χ0v) is 8.79. The Kier molecular flexibility index (Phi) is 2.58. The molecule has 2 heteroatoms. The van der Waals surface area contributed by atoms with Crippen molar-refractivity contribution in [2.45, 2.75) is 26.2 Å². The lowest BCUT2D eigenvalue weighted by atomic mass is 9.99. The molecule has 0 saturated heterocycles. The van der Waals surface area contributed by atoms with E-state index in [1.165, 1.54) is 6.92 Å². The van der Waals surface area contributed by atoms with Gasteiger partial charge in [0.15, 0.2) is 5.78 Å². The molecule has 2 rings (SSSR count). The van der Waals surface area contributed by atoms with Gasteiger partial charge in [-0.3, -0.25) is 4.79 Å². The Labute approximate surface area is 89.2 Å². The Morgan fingerprint density at radius 2 is 2.20 bits per heavy atom. The van der Waals surface area contributed by atoms with E-state index >= 15 is 0 Å². The Morgan fingerprint density at radius 1 is 1.40 bits per heavy atom. The Morgan fingerprint density at radius 3 is 2.93 bits per heavy atom. The Hall–Kier alpha value is -1.57. The van der Waals surface area contributed by atoms with Crippen molar-refractivity contribution < 1.29 is 9.90 Å². The molecule has 2 nitrogen and oxygen atoms in total. The minimum absolute atomic E-state index is 0.0899. The summed E-state index contributed by atoms with van der Waals surface area (Å²) in [6, 6.07) is 3.51. The van der Waals surface area contributed by atoms with Gasteiger partial charge in [-0.1, -0.05) is 12.2 Å². The van der Waals surface area contributed by atoms with Crippen LogP contribution < -0.4 is 0 Å². The number of fused-ring (bicyclic) bond motifs is 1. The third kappa shape index (κ3) is 1.94. The molecule has 1 aliphatic rings. The second kappa shape index (κ2) is 3.89. The molecule has 1 aromatic rings. The first kappa shape index (κ1) is 9.97. The number of benzene rings is 1. The van der Waals surface area contributed by atoms with E-state index in [9.17, 15) is 9.90 Å². The molecule has 0 heterocycles. The average Bonchev–Trinajstić information content (AvgIpc) is 2.40. The predicted octanol–water partition coefficient (Wildman–Crippen LogP) is 2.94. The summed E-state index contributed by atoms with van der Waals surface area (Å²) < 4.78 is 0. The van der Waals surface area contributed by atoms with Crippen LogP contribution in [-0.4, -0.2) is 10.9 Å². The predicted molar refractivity (Wildman–Crippen MR) is 60.1 cm³/mol. The minimum Gasteiger partial charge on any atom is -0.507 e. The highest BCUT2D eigenvalue weighted by atomic mass is 16.3. The summed E-state index contributed by atoms with van der Waals surface area (Å²) >= 11 is 0. The van der Waals surface area contributed by atoms with Gasteiger partial charge in [0.25, 0.3) is 0 Å². The first-order chi connectivity index (χ1) is 7.18. The fourth-order valence-electron chi connectivity index (χ4n) is 1.92. The largest absolute Gasteiger partial charge is 0.507 e. The fourth-order valence-corrected chi connectivity index (χ4v) is 1.92. The summed E-state index contributed by atoms with van der Waals surface area (Å²) in [5.74, 6) is 0.0181. The summed E-state index contributed by atoms with van der Waals surface area (Å²) in [5.41, 5.74) is 2.61. The molecular formula is C13H14O2. The second-order valence-electron chi connectivity index (χ2n) is 3.92. The van der Waals surface area contributed by atoms with Crippen LogP contribution in [0, 0.1) is 0 Å². The van der Waals surface area contributed by atoms with E-state index in [0.29, 0.717) is 5.56 Å². The van der Waals surface area contributed by atoms with Gasteiger partial charge in [0.05, 0.1) is 5.56 Å². The lowest BCUT2D eigenvalue weighted by Crippen LogP contribution is -1.96. The van der Waals surface area contributed by atoms with Gasteiger partial charge in [0.2, 0.25) is 0 Å². The van der Waals surface area contributed by atoms with Crippen LogP contribution in [-0.2, 0) is 6.42 Å². The molecule has 0 amide bonds. The van der Waals surface area contributed by atoms with E-state index in [0.717, 1.165) is 30.4 Å². The standard InChI is InChI=1S/C13H14O2/c1-9(14)12-7-10-5-3-2-4-6-11(10)8-13(12)15/h3,5,7-8,15H,2,4,6H2,1H3. The maximum Gasteiger partial charge on any atom is 0.163 e. The van der Waals surface area contributed by atoms with Crippen LogP contribution in [0.1, 0.15) is 41.3 Å². The maximum absolute atomic E-state index is 11.3. The first-order valence-corrected chi connectivity index (χ1v) is 5.22. The SMILES string of the molecule is CC(=O)c1cc2c(cc1O)CCCC=C2. The van der Waals surface area contributed by atoms with E-state index in [2.05, 4.69) is 6.08 Å². The fraction of sp³-hybridized carbons (Fsp3) is 0.308. The molecule has 15 heavy (non-hydrogen) atoms. The van der Waals surface area contributed by atoms with E-state index in [1.54, 1.807) is 12.1 Å². The average molecular weight is 202 g/mol. The van der Waals surface area contributed by atoms with Gasteiger partial charge in [0, 0.05) is 0 Å². The molecule has 0 atom stereocenters. The number of Topliss-reactive ketones (excluding diaryl/α,β-unsaturated/α-hetero) is 1. The van der Waals surface area contributed by atoms with Crippen LogP contribution in [0.15, 0.2) is 18.2 Å². The lowest BCUT2D eigenvalue weighted by molar-refractivity contribution is 0.101. The molecule has 0 radical (unpaired) electrons. The van der Waals surface area contributed by atoms with Crippen LogP contribution in [0.4, 0.5) is 0 Å². The molecule has 0 aliphatic heterocycles. The number of ketones is 1. The van der Waals surface area contributed by atoms with Crippen molar-refractivity contribution in [3.05, 3.63) is 34.9 Å². The summed E-state index contributed by atoms with van der Waals surface area (Å²) in [7, 11) is 0. The van der Waals surface area contributed by atoms with Gasteiger partial charge in [-0.2, -0.15) is 0 Å². The number of carbonyl (C=O) groups excluding carboxylic acids is 1. The molecule has 1 aromatic carbocycles. The highest BCUT2D eigenvalue weighted by Gasteiger charge is 2.11. The topological polar surface area (TPSA) is 37.3 Å². The van der Waals surface area contributed by atoms with Crippen LogP contribution in [0.25, 0.3) is 6.08 Å². The number of phenolic OH excluding ortho intramolecular Hbond substituents is 1. The number of allylic oxidation sites excluding steroid dienone is 1. The lowest BCUT2D eigenvalue weighted by Gasteiger charge is -2.07. The number of phenols is 1. The zero-order chi connectivity index (χ0) is 10.8. The molecule has 0 aromatic heterocycles. The minimum atomic E-state index is -0.0899. The highest BCUT2D eigenvalue weighted by molar-refractivity contribution is 5.97. The van der Waals surface area contributed by atoms with Gasteiger partial charge in [0.1, 0.15) is 5.75 Å². The number of rotatable bonds is 1. The molecule has 0 fully saturated rings. The van der Waals surface area contributed by atoms with Gasteiger partial charge in [-0.05, 0) is 49.4 Å². The molecule has 0 bridgehead atoms. The van der Waals surface area contributed by atoms with Crippen molar-refractivity contribution >= 4 is 11.9 Å².